The molecule has 126 valence electrons. The lowest BCUT2D eigenvalue weighted by molar-refractivity contribution is -0.136. The summed E-state index contributed by atoms with van der Waals surface area (Å²) in [7, 11) is 0. The van der Waals surface area contributed by atoms with Crippen molar-refractivity contribution in [1.82, 2.24) is 15.7 Å². The molecule has 1 fully saturated rings. The van der Waals surface area contributed by atoms with Crippen LogP contribution in [0.25, 0.3) is 0 Å². The number of rotatable bonds is 8. The number of unbranched alkanes of at least 4 members (excludes halogenated alkanes) is 2. The number of hydrogen-bond donors (Lipinski definition) is 4. The molecule has 3 amide bonds. The zero-order valence-electron chi connectivity index (χ0n) is 13.0. The Bertz CT molecular complexity index is 402. The van der Waals surface area contributed by atoms with E-state index >= 15 is 0 Å². The number of ketones is 1. The first-order valence-electron chi connectivity index (χ1n) is 7.74. The SMILES string of the molecule is CCCCC[C@H](CC(=O)NO)C(=O)[C@@H]1CNCCN1C(N)=O. The van der Waals surface area contributed by atoms with Gasteiger partial charge in [0.05, 0.1) is 0 Å². The van der Waals surface area contributed by atoms with Crippen LogP contribution in [0.15, 0.2) is 0 Å². The number of hydrogen-bond acceptors (Lipinski definition) is 5. The van der Waals surface area contributed by atoms with Crippen molar-refractivity contribution in [1.29, 1.82) is 0 Å². The van der Waals surface area contributed by atoms with Gasteiger partial charge in [-0.1, -0.05) is 26.2 Å². The van der Waals surface area contributed by atoms with E-state index < -0.39 is 23.9 Å². The molecule has 5 N–H and O–H groups in total. The van der Waals surface area contributed by atoms with Crippen molar-refractivity contribution in [3.63, 3.8) is 0 Å². The van der Waals surface area contributed by atoms with Crippen molar-refractivity contribution in [2.75, 3.05) is 19.6 Å². The molecule has 1 heterocycles. The Morgan fingerprint density at radius 2 is 2.14 bits per heavy atom. The van der Waals surface area contributed by atoms with E-state index in [1.54, 1.807) is 5.48 Å². The summed E-state index contributed by atoms with van der Waals surface area (Å²) in [6.45, 7) is 3.36. The normalized spacial score (nSPS) is 19.5. The number of nitrogens with two attached hydrogens (primary N) is 1. The van der Waals surface area contributed by atoms with Gasteiger partial charge in [0.2, 0.25) is 5.91 Å². The van der Waals surface area contributed by atoms with Gasteiger partial charge in [-0.25, -0.2) is 10.3 Å². The van der Waals surface area contributed by atoms with Crippen LogP contribution in [-0.2, 0) is 9.59 Å². The van der Waals surface area contributed by atoms with Crippen LogP contribution in [0.4, 0.5) is 4.79 Å². The van der Waals surface area contributed by atoms with Crippen molar-refractivity contribution >= 4 is 17.7 Å². The Kier molecular flexibility index (Phi) is 7.83. The first-order chi connectivity index (χ1) is 10.5. The first-order valence-corrected chi connectivity index (χ1v) is 7.74. The number of urea groups is 1. The number of amides is 3. The predicted octanol–water partition coefficient (Wildman–Crippen LogP) is 0.00000000000000278. The molecule has 1 rings (SSSR count). The molecular formula is C14H26N4O4. The van der Waals surface area contributed by atoms with Gasteiger partial charge in [0.15, 0.2) is 5.78 Å². The second kappa shape index (κ2) is 9.37. The van der Waals surface area contributed by atoms with Crippen molar-refractivity contribution in [3.8, 4) is 0 Å². The number of Topliss-reactive ketones (excluding diaryl/α,β-unsaturated/α-hetero) is 1. The van der Waals surface area contributed by atoms with Gasteiger partial charge in [-0.3, -0.25) is 14.8 Å². The zero-order chi connectivity index (χ0) is 16.5. The second-order valence-electron chi connectivity index (χ2n) is 5.59. The minimum atomic E-state index is -0.649. The molecule has 2 atom stereocenters. The smallest absolute Gasteiger partial charge is 0.315 e. The molecule has 1 aliphatic heterocycles. The van der Waals surface area contributed by atoms with E-state index in [0.717, 1.165) is 19.3 Å². The minimum Gasteiger partial charge on any atom is -0.351 e. The minimum absolute atomic E-state index is 0.0812. The Hall–Kier alpha value is -1.67. The van der Waals surface area contributed by atoms with Crippen molar-refractivity contribution < 1.29 is 19.6 Å². The summed E-state index contributed by atoms with van der Waals surface area (Å²) >= 11 is 0. The van der Waals surface area contributed by atoms with Gasteiger partial charge in [0.1, 0.15) is 6.04 Å². The molecule has 0 aromatic carbocycles. The van der Waals surface area contributed by atoms with Crippen LogP contribution in [-0.4, -0.2) is 53.5 Å². The monoisotopic (exact) mass is 314 g/mol. The number of carbonyl (C=O) groups excluding carboxylic acids is 3. The maximum Gasteiger partial charge on any atom is 0.315 e. The predicted molar refractivity (Wildman–Crippen MR) is 80.1 cm³/mol. The van der Waals surface area contributed by atoms with Gasteiger partial charge in [-0.15, -0.1) is 0 Å². The van der Waals surface area contributed by atoms with Crippen LogP contribution in [0, 0.1) is 5.92 Å². The van der Waals surface area contributed by atoms with Gasteiger partial charge in [0, 0.05) is 32.0 Å². The number of nitrogens with zero attached hydrogens (tertiary/aromatic N) is 1. The molecule has 0 aromatic heterocycles. The molecule has 0 aromatic rings. The molecule has 0 bridgehead atoms. The average Bonchev–Trinajstić information content (AvgIpc) is 2.53. The maximum absolute atomic E-state index is 12.7. The van der Waals surface area contributed by atoms with Gasteiger partial charge >= 0.3 is 6.03 Å². The molecule has 0 unspecified atom stereocenters. The standard InChI is InChI=1S/C14H26N4O4/c1-2-3-4-5-10(8-12(19)17-22)13(20)11-9-16-6-7-18(11)14(15)21/h10-11,16,22H,2-9H2,1H3,(H2,15,21)(H,17,19)/t10-,11+/m1/s1. The molecule has 0 radical (unpaired) electrons. The summed E-state index contributed by atoms with van der Waals surface area (Å²) in [6, 6.07) is -1.27. The number of primary amides is 1. The van der Waals surface area contributed by atoms with Crippen LogP contribution in [0.2, 0.25) is 0 Å². The second-order valence-corrected chi connectivity index (χ2v) is 5.59. The molecular weight excluding hydrogens is 288 g/mol. The van der Waals surface area contributed by atoms with Crippen LogP contribution in [0.1, 0.15) is 39.0 Å². The van der Waals surface area contributed by atoms with Crippen molar-refractivity contribution in [2.24, 2.45) is 11.7 Å². The Balaban J connectivity index is 2.78. The number of hydroxylamine groups is 1. The highest BCUT2D eigenvalue weighted by atomic mass is 16.5. The van der Waals surface area contributed by atoms with E-state index in [2.05, 4.69) is 12.2 Å². The molecule has 0 spiro atoms. The lowest BCUT2D eigenvalue weighted by atomic mass is 9.88. The Morgan fingerprint density at radius 1 is 1.41 bits per heavy atom. The van der Waals surface area contributed by atoms with Crippen molar-refractivity contribution in [2.45, 2.75) is 45.1 Å². The van der Waals surface area contributed by atoms with E-state index in [1.165, 1.54) is 4.90 Å². The summed E-state index contributed by atoms with van der Waals surface area (Å²) < 4.78 is 0. The highest BCUT2D eigenvalue weighted by Gasteiger charge is 2.35. The molecule has 22 heavy (non-hydrogen) atoms. The zero-order valence-corrected chi connectivity index (χ0v) is 13.0. The Labute approximate surface area is 130 Å². The summed E-state index contributed by atoms with van der Waals surface area (Å²) in [4.78, 5) is 37.0. The van der Waals surface area contributed by atoms with E-state index in [1.807, 2.05) is 0 Å². The van der Waals surface area contributed by atoms with Crippen LogP contribution in [0.3, 0.4) is 0 Å². The highest BCUT2D eigenvalue weighted by molar-refractivity contribution is 5.93. The van der Waals surface area contributed by atoms with Gasteiger partial charge in [-0.05, 0) is 6.42 Å². The molecule has 1 saturated heterocycles. The van der Waals surface area contributed by atoms with E-state index in [-0.39, 0.29) is 12.2 Å². The third-order valence-electron chi connectivity index (χ3n) is 3.97. The average molecular weight is 314 g/mol. The molecule has 0 saturated carbocycles. The van der Waals surface area contributed by atoms with Gasteiger partial charge in [-0.2, -0.15) is 0 Å². The fraction of sp³-hybridized carbons (Fsp3) is 0.786. The quantitative estimate of drug-likeness (QED) is 0.285. The van der Waals surface area contributed by atoms with Crippen LogP contribution >= 0.6 is 0 Å². The third-order valence-corrected chi connectivity index (χ3v) is 3.97. The fourth-order valence-corrected chi connectivity index (χ4v) is 2.75. The fourth-order valence-electron chi connectivity index (χ4n) is 2.75. The van der Waals surface area contributed by atoms with Crippen LogP contribution < -0.4 is 16.5 Å². The molecule has 8 heteroatoms. The highest BCUT2D eigenvalue weighted by Crippen LogP contribution is 2.20. The number of carbonyl (C=O) groups is 3. The summed E-state index contributed by atoms with van der Waals surface area (Å²) in [6.07, 6.45) is 3.27. The molecule has 0 aliphatic carbocycles. The third kappa shape index (κ3) is 5.27. The van der Waals surface area contributed by atoms with E-state index in [4.69, 9.17) is 10.9 Å². The maximum atomic E-state index is 12.7. The number of nitrogens with one attached hydrogen (secondary N) is 2. The van der Waals surface area contributed by atoms with E-state index in [9.17, 15) is 14.4 Å². The van der Waals surface area contributed by atoms with Crippen molar-refractivity contribution in [3.05, 3.63) is 0 Å². The molecule has 8 nitrogen and oxygen atoms in total. The topological polar surface area (TPSA) is 125 Å². The summed E-state index contributed by atoms with van der Waals surface area (Å²) in [5.41, 5.74) is 6.90. The van der Waals surface area contributed by atoms with Gasteiger partial charge in [0.25, 0.3) is 0 Å². The molecule has 1 aliphatic rings. The Morgan fingerprint density at radius 3 is 2.73 bits per heavy atom. The number of piperazine rings is 1. The summed E-state index contributed by atoms with van der Waals surface area (Å²) in [5, 5.41) is 11.7. The largest absolute Gasteiger partial charge is 0.351 e. The lowest BCUT2D eigenvalue weighted by Crippen LogP contribution is -2.59. The summed E-state index contributed by atoms with van der Waals surface area (Å²) in [5.74, 6) is -1.29. The van der Waals surface area contributed by atoms with Crippen LogP contribution in [0.5, 0.6) is 0 Å². The lowest BCUT2D eigenvalue weighted by Gasteiger charge is -2.35. The first kappa shape index (κ1) is 18.4. The van der Waals surface area contributed by atoms with E-state index in [0.29, 0.717) is 26.1 Å². The van der Waals surface area contributed by atoms with Gasteiger partial charge < -0.3 is 16.0 Å².